The van der Waals surface area contributed by atoms with Crippen molar-refractivity contribution in [2.45, 2.75) is 20.3 Å². The number of halogens is 1. The molecule has 7 nitrogen and oxygen atoms in total. The molecule has 0 fully saturated rings. The molecule has 2 aromatic carbocycles. The summed E-state index contributed by atoms with van der Waals surface area (Å²) in [5.41, 5.74) is 0.471. The maximum Gasteiger partial charge on any atom is 0.337 e. The third kappa shape index (κ3) is 4.14. The van der Waals surface area contributed by atoms with Crippen LogP contribution >= 0.6 is 11.6 Å². The van der Waals surface area contributed by atoms with Gasteiger partial charge in [0, 0.05) is 17.1 Å². The summed E-state index contributed by atoms with van der Waals surface area (Å²) in [6.45, 7) is 4.32. The molecule has 0 saturated carbocycles. The van der Waals surface area contributed by atoms with E-state index in [-0.39, 0.29) is 38.9 Å². The third-order valence-corrected chi connectivity index (χ3v) is 4.86. The number of carboxylic acids is 1. The smallest absolute Gasteiger partial charge is 0.337 e. The lowest BCUT2D eigenvalue weighted by Gasteiger charge is -2.14. The summed E-state index contributed by atoms with van der Waals surface area (Å²) in [5.74, 6) is -2.30. The molecule has 150 valence electrons. The van der Waals surface area contributed by atoms with Crippen LogP contribution in [-0.2, 0) is 0 Å². The maximum absolute atomic E-state index is 12.6. The van der Waals surface area contributed by atoms with Gasteiger partial charge >= 0.3 is 5.97 Å². The molecule has 0 aromatic heterocycles. The second-order valence-corrected chi connectivity index (χ2v) is 7.59. The van der Waals surface area contributed by atoms with Gasteiger partial charge in [0.05, 0.1) is 22.4 Å². The highest BCUT2D eigenvalue weighted by Gasteiger charge is 2.35. The zero-order valence-electron chi connectivity index (χ0n) is 15.9. The molecule has 1 aliphatic heterocycles. The summed E-state index contributed by atoms with van der Waals surface area (Å²) in [5, 5.41) is 12.0. The van der Waals surface area contributed by atoms with E-state index in [0.717, 1.165) is 0 Å². The Labute approximate surface area is 172 Å². The molecular formula is C21H19ClN2O5. The second-order valence-electron chi connectivity index (χ2n) is 7.15. The number of anilines is 1. The number of nitrogens with zero attached hydrogens (tertiary/aromatic N) is 1. The summed E-state index contributed by atoms with van der Waals surface area (Å²) in [6, 6.07) is 8.25. The van der Waals surface area contributed by atoms with E-state index in [4.69, 9.17) is 11.6 Å². The van der Waals surface area contributed by atoms with Crippen LogP contribution < -0.4 is 5.32 Å². The van der Waals surface area contributed by atoms with E-state index < -0.39 is 17.8 Å². The zero-order chi connectivity index (χ0) is 21.3. The van der Waals surface area contributed by atoms with E-state index in [1.807, 2.05) is 13.8 Å². The number of carbonyl (C=O) groups is 4. The lowest BCUT2D eigenvalue weighted by atomic mass is 10.0. The Morgan fingerprint density at radius 1 is 1.07 bits per heavy atom. The summed E-state index contributed by atoms with van der Waals surface area (Å²) >= 11 is 5.90. The third-order valence-electron chi connectivity index (χ3n) is 4.62. The highest BCUT2D eigenvalue weighted by Crippen LogP contribution is 2.26. The van der Waals surface area contributed by atoms with Crippen molar-refractivity contribution < 1.29 is 24.3 Å². The highest BCUT2D eigenvalue weighted by molar-refractivity contribution is 6.31. The molecule has 1 heterocycles. The normalized spacial score (nSPS) is 13.0. The first kappa shape index (κ1) is 20.5. The van der Waals surface area contributed by atoms with E-state index in [0.29, 0.717) is 18.9 Å². The van der Waals surface area contributed by atoms with Crippen LogP contribution in [0.2, 0.25) is 5.02 Å². The predicted octanol–water partition coefficient (Wildman–Crippen LogP) is 3.93. The first-order valence-corrected chi connectivity index (χ1v) is 9.41. The number of carboxylic acid groups (broad SMARTS) is 1. The molecule has 0 aliphatic carbocycles. The Morgan fingerprint density at radius 3 is 2.41 bits per heavy atom. The molecule has 0 saturated heterocycles. The van der Waals surface area contributed by atoms with Gasteiger partial charge in [-0.15, -0.1) is 0 Å². The number of nitrogens with one attached hydrogen (secondary N) is 1. The molecule has 2 aromatic rings. The van der Waals surface area contributed by atoms with Gasteiger partial charge in [-0.2, -0.15) is 0 Å². The van der Waals surface area contributed by atoms with Crippen LogP contribution in [0.5, 0.6) is 0 Å². The van der Waals surface area contributed by atoms with Crippen molar-refractivity contribution >= 4 is 41.0 Å². The van der Waals surface area contributed by atoms with Gasteiger partial charge in [-0.1, -0.05) is 25.4 Å². The van der Waals surface area contributed by atoms with Gasteiger partial charge in [0.2, 0.25) is 0 Å². The number of aromatic carboxylic acids is 1. The molecule has 0 unspecified atom stereocenters. The molecule has 8 heteroatoms. The van der Waals surface area contributed by atoms with Gasteiger partial charge < -0.3 is 10.4 Å². The van der Waals surface area contributed by atoms with Crippen molar-refractivity contribution in [1.29, 1.82) is 0 Å². The fourth-order valence-corrected chi connectivity index (χ4v) is 3.20. The summed E-state index contributed by atoms with van der Waals surface area (Å²) < 4.78 is 0. The number of amides is 3. The van der Waals surface area contributed by atoms with E-state index >= 15 is 0 Å². The first-order valence-electron chi connectivity index (χ1n) is 9.03. The van der Waals surface area contributed by atoms with Crippen molar-refractivity contribution in [3.05, 3.63) is 63.7 Å². The lowest BCUT2D eigenvalue weighted by Crippen LogP contribution is -2.31. The minimum Gasteiger partial charge on any atom is -0.478 e. The topological polar surface area (TPSA) is 104 Å². The van der Waals surface area contributed by atoms with E-state index in [9.17, 15) is 24.3 Å². The van der Waals surface area contributed by atoms with Gasteiger partial charge in [0.25, 0.3) is 17.7 Å². The molecule has 3 amide bonds. The van der Waals surface area contributed by atoms with Crippen LogP contribution in [0.25, 0.3) is 0 Å². The average Bonchev–Trinajstić information content (AvgIpc) is 2.89. The van der Waals surface area contributed by atoms with Crippen LogP contribution in [0.15, 0.2) is 36.4 Å². The molecular weight excluding hydrogens is 396 g/mol. The van der Waals surface area contributed by atoms with Gasteiger partial charge in [0.1, 0.15) is 0 Å². The average molecular weight is 415 g/mol. The van der Waals surface area contributed by atoms with Crippen molar-refractivity contribution in [3.63, 3.8) is 0 Å². The summed E-state index contributed by atoms with van der Waals surface area (Å²) in [6.07, 6.45) is 0.686. The Kier molecular flexibility index (Phi) is 5.70. The fraction of sp³-hybridized carbons (Fsp3) is 0.238. The molecule has 2 N–H and O–H groups in total. The molecule has 3 rings (SSSR count). The van der Waals surface area contributed by atoms with Crippen LogP contribution in [0.3, 0.4) is 0 Å². The summed E-state index contributed by atoms with van der Waals surface area (Å²) in [4.78, 5) is 50.3. The van der Waals surface area contributed by atoms with Gasteiger partial charge in [-0.3, -0.25) is 19.3 Å². The number of rotatable bonds is 6. The number of hydrogen-bond acceptors (Lipinski definition) is 4. The maximum atomic E-state index is 12.6. The Bertz CT molecular complexity index is 1030. The van der Waals surface area contributed by atoms with Crippen LogP contribution in [0.4, 0.5) is 5.69 Å². The minimum atomic E-state index is -1.22. The number of carbonyl (C=O) groups excluding carboxylic acids is 3. The SMILES string of the molecule is CC(C)CCN1C(=O)c2ccc(C(=O)Nc3cc(Cl)ccc3C(=O)O)cc2C1=O. The zero-order valence-corrected chi connectivity index (χ0v) is 16.6. The number of fused-ring (bicyclic) bond motifs is 1. The second kappa shape index (κ2) is 8.05. The predicted molar refractivity (Wildman–Crippen MR) is 108 cm³/mol. The van der Waals surface area contributed by atoms with E-state index in [2.05, 4.69) is 5.32 Å². The van der Waals surface area contributed by atoms with Gasteiger partial charge in [0.15, 0.2) is 0 Å². The van der Waals surface area contributed by atoms with Gasteiger partial charge in [-0.05, 0) is 48.7 Å². The van der Waals surface area contributed by atoms with E-state index in [1.165, 1.54) is 41.3 Å². The highest BCUT2D eigenvalue weighted by atomic mass is 35.5. The van der Waals surface area contributed by atoms with Crippen molar-refractivity contribution in [2.75, 3.05) is 11.9 Å². The minimum absolute atomic E-state index is 0.0384. The summed E-state index contributed by atoms with van der Waals surface area (Å²) in [7, 11) is 0. The van der Waals surface area contributed by atoms with Crippen LogP contribution in [-0.4, -0.2) is 40.2 Å². The lowest BCUT2D eigenvalue weighted by molar-refractivity contribution is 0.0644. The van der Waals surface area contributed by atoms with Crippen molar-refractivity contribution in [2.24, 2.45) is 5.92 Å². The quantitative estimate of drug-likeness (QED) is 0.697. The monoisotopic (exact) mass is 414 g/mol. The first-order chi connectivity index (χ1) is 13.7. The molecule has 0 bridgehead atoms. The molecule has 29 heavy (non-hydrogen) atoms. The Balaban J connectivity index is 1.86. The van der Waals surface area contributed by atoms with E-state index in [1.54, 1.807) is 0 Å². The number of benzene rings is 2. The van der Waals surface area contributed by atoms with Crippen LogP contribution in [0.1, 0.15) is 61.7 Å². The fourth-order valence-electron chi connectivity index (χ4n) is 3.02. The molecule has 1 aliphatic rings. The van der Waals surface area contributed by atoms with Crippen LogP contribution in [0, 0.1) is 5.92 Å². The molecule has 0 radical (unpaired) electrons. The molecule has 0 atom stereocenters. The standard InChI is InChI=1S/C21H19ClN2O5/c1-11(2)7-8-24-19(26)14-5-3-12(9-16(14)20(24)27)18(25)23-17-10-13(22)4-6-15(17)21(28)29/h3-6,9-11H,7-8H2,1-2H3,(H,23,25)(H,28,29). The molecule has 0 spiro atoms. The van der Waals surface area contributed by atoms with Gasteiger partial charge in [-0.25, -0.2) is 4.79 Å². The largest absolute Gasteiger partial charge is 0.478 e. The Hall–Kier alpha value is -3.19. The number of imide groups is 1. The van der Waals surface area contributed by atoms with Crippen molar-refractivity contribution in [3.8, 4) is 0 Å². The number of hydrogen-bond donors (Lipinski definition) is 2. The van der Waals surface area contributed by atoms with Crippen molar-refractivity contribution in [1.82, 2.24) is 4.90 Å². The Morgan fingerprint density at radius 2 is 1.76 bits per heavy atom.